The Hall–Kier alpha value is -1.65. The second-order valence-electron chi connectivity index (χ2n) is 5.76. The van der Waals surface area contributed by atoms with Gasteiger partial charge in [-0.2, -0.15) is 0 Å². The Kier molecular flexibility index (Phi) is 4.93. The molecule has 0 saturated heterocycles. The molecule has 0 radical (unpaired) electrons. The predicted octanol–water partition coefficient (Wildman–Crippen LogP) is 2.46. The minimum Gasteiger partial charge on any atom is -0.369 e. The summed E-state index contributed by atoms with van der Waals surface area (Å²) in [5.41, 5.74) is 0.387. The number of hydrogen-bond acceptors (Lipinski definition) is 4. The molecule has 110 valence electrons. The van der Waals surface area contributed by atoms with E-state index in [9.17, 15) is 4.79 Å². The standard InChI is InChI=1S/C15H24N4O/c1-4-16-14-9-17-13(8-18-14)15(20)19-12-6-5-10(2)11(3)7-12/h8-12H,4-7H2,1-3H3,(H,16,18)(H,19,20). The van der Waals surface area contributed by atoms with E-state index in [1.54, 1.807) is 6.20 Å². The lowest BCUT2D eigenvalue weighted by molar-refractivity contribution is 0.0905. The van der Waals surface area contributed by atoms with Crippen molar-refractivity contribution in [3.05, 3.63) is 18.1 Å². The summed E-state index contributed by atoms with van der Waals surface area (Å²) in [4.78, 5) is 20.5. The Morgan fingerprint density at radius 1 is 1.25 bits per heavy atom. The lowest BCUT2D eigenvalue weighted by Gasteiger charge is -2.32. The van der Waals surface area contributed by atoms with Gasteiger partial charge in [0.15, 0.2) is 0 Å². The molecule has 5 nitrogen and oxygen atoms in total. The summed E-state index contributed by atoms with van der Waals surface area (Å²) in [6, 6.07) is 0.268. The van der Waals surface area contributed by atoms with Crippen LogP contribution in [-0.2, 0) is 0 Å². The van der Waals surface area contributed by atoms with E-state index < -0.39 is 0 Å². The van der Waals surface area contributed by atoms with E-state index in [2.05, 4.69) is 34.4 Å². The third-order valence-corrected chi connectivity index (χ3v) is 4.18. The highest BCUT2D eigenvalue weighted by Crippen LogP contribution is 2.29. The smallest absolute Gasteiger partial charge is 0.271 e. The number of anilines is 1. The second-order valence-corrected chi connectivity index (χ2v) is 5.76. The maximum Gasteiger partial charge on any atom is 0.271 e. The van der Waals surface area contributed by atoms with Gasteiger partial charge in [0, 0.05) is 12.6 Å². The summed E-state index contributed by atoms with van der Waals surface area (Å²) in [6.45, 7) is 7.33. The van der Waals surface area contributed by atoms with E-state index >= 15 is 0 Å². The molecular weight excluding hydrogens is 252 g/mol. The molecular formula is C15H24N4O. The molecule has 0 spiro atoms. The van der Waals surface area contributed by atoms with Crippen LogP contribution in [0.3, 0.4) is 0 Å². The monoisotopic (exact) mass is 276 g/mol. The van der Waals surface area contributed by atoms with Crippen LogP contribution in [0.15, 0.2) is 12.4 Å². The minimum absolute atomic E-state index is 0.118. The predicted molar refractivity (Wildman–Crippen MR) is 79.6 cm³/mol. The van der Waals surface area contributed by atoms with Crippen molar-refractivity contribution in [2.75, 3.05) is 11.9 Å². The van der Waals surface area contributed by atoms with E-state index in [1.165, 1.54) is 12.6 Å². The van der Waals surface area contributed by atoms with Gasteiger partial charge in [-0.25, -0.2) is 9.97 Å². The molecule has 3 unspecified atom stereocenters. The van der Waals surface area contributed by atoms with Crippen molar-refractivity contribution in [2.24, 2.45) is 11.8 Å². The van der Waals surface area contributed by atoms with Crippen molar-refractivity contribution in [1.82, 2.24) is 15.3 Å². The zero-order valence-electron chi connectivity index (χ0n) is 12.5. The first-order valence-electron chi connectivity index (χ1n) is 7.47. The van der Waals surface area contributed by atoms with Gasteiger partial charge in [0.2, 0.25) is 0 Å². The van der Waals surface area contributed by atoms with E-state index in [0.29, 0.717) is 17.4 Å². The van der Waals surface area contributed by atoms with Crippen molar-refractivity contribution in [3.8, 4) is 0 Å². The SMILES string of the molecule is CCNc1cnc(C(=O)NC2CCC(C)C(C)C2)cn1. The van der Waals surface area contributed by atoms with Crippen molar-refractivity contribution in [1.29, 1.82) is 0 Å². The van der Waals surface area contributed by atoms with Gasteiger partial charge >= 0.3 is 0 Å². The van der Waals surface area contributed by atoms with E-state index in [-0.39, 0.29) is 11.9 Å². The zero-order valence-corrected chi connectivity index (χ0v) is 12.5. The highest BCUT2D eigenvalue weighted by molar-refractivity contribution is 5.92. The topological polar surface area (TPSA) is 66.9 Å². The van der Waals surface area contributed by atoms with Gasteiger partial charge < -0.3 is 10.6 Å². The van der Waals surface area contributed by atoms with Crippen molar-refractivity contribution >= 4 is 11.7 Å². The summed E-state index contributed by atoms with van der Waals surface area (Å²) < 4.78 is 0. The Balaban J connectivity index is 1.91. The molecule has 0 aliphatic heterocycles. The highest BCUT2D eigenvalue weighted by Gasteiger charge is 2.26. The zero-order chi connectivity index (χ0) is 14.5. The molecule has 1 aliphatic rings. The first kappa shape index (κ1) is 14.8. The Labute approximate surface area is 120 Å². The molecule has 1 amide bonds. The second kappa shape index (κ2) is 6.68. The van der Waals surface area contributed by atoms with E-state index in [1.807, 2.05) is 6.92 Å². The Bertz CT molecular complexity index is 446. The van der Waals surface area contributed by atoms with Gasteiger partial charge in [-0.05, 0) is 38.0 Å². The van der Waals surface area contributed by atoms with Crippen LogP contribution in [0.4, 0.5) is 5.82 Å². The van der Waals surface area contributed by atoms with Crippen molar-refractivity contribution < 1.29 is 4.79 Å². The summed E-state index contributed by atoms with van der Waals surface area (Å²) >= 11 is 0. The lowest BCUT2D eigenvalue weighted by atomic mass is 9.79. The molecule has 1 heterocycles. The quantitative estimate of drug-likeness (QED) is 0.886. The molecule has 20 heavy (non-hydrogen) atoms. The molecule has 3 atom stereocenters. The average Bonchev–Trinajstić information content (AvgIpc) is 2.44. The maximum atomic E-state index is 12.1. The molecule has 1 aromatic heterocycles. The van der Waals surface area contributed by atoms with Crippen molar-refractivity contribution in [3.63, 3.8) is 0 Å². The summed E-state index contributed by atoms with van der Waals surface area (Å²) in [7, 11) is 0. The van der Waals surface area contributed by atoms with Gasteiger partial charge in [0.1, 0.15) is 11.5 Å². The van der Waals surface area contributed by atoms with Gasteiger partial charge in [-0.1, -0.05) is 13.8 Å². The molecule has 1 aromatic rings. The van der Waals surface area contributed by atoms with Crippen LogP contribution in [0.25, 0.3) is 0 Å². The van der Waals surface area contributed by atoms with Gasteiger partial charge in [0.05, 0.1) is 12.4 Å². The number of rotatable bonds is 4. The number of hydrogen-bond donors (Lipinski definition) is 2. The third-order valence-electron chi connectivity index (χ3n) is 4.18. The first-order valence-corrected chi connectivity index (χ1v) is 7.47. The molecule has 5 heteroatoms. The molecule has 2 N–H and O–H groups in total. The fourth-order valence-corrected chi connectivity index (χ4v) is 2.66. The van der Waals surface area contributed by atoms with Crippen molar-refractivity contribution in [2.45, 2.75) is 46.1 Å². The first-order chi connectivity index (χ1) is 9.60. The van der Waals surface area contributed by atoms with Gasteiger partial charge in [-0.3, -0.25) is 4.79 Å². The number of nitrogens with zero attached hydrogens (tertiary/aromatic N) is 2. The summed E-state index contributed by atoms with van der Waals surface area (Å²) in [5, 5.41) is 6.14. The van der Waals surface area contributed by atoms with E-state index in [0.717, 1.165) is 25.3 Å². The number of nitrogens with one attached hydrogen (secondary N) is 2. The van der Waals surface area contributed by atoms with E-state index in [4.69, 9.17) is 0 Å². The number of aromatic nitrogens is 2. The number of carbonyl (C=O) groups is 1. The molecule has 0 aromatic carbocycles. The summed E-state index contributed by atoms with van der Waals surface area (Å²) in [6.07, 6.45) is 6.42. The van der Waals surface area contributed by atoms with Crippen LogP contribution in [0.5, 0.6) is 0 Å². The van der Waals surface area contributed by atoms with Gasteiger partial charge in [-0.15, -0.1) is 0 Å². The molecule has 1 aliphatic carbocycles. The number of amides is 1. The fraction of sp³-hybridized carbons (Fsp3) is 0.667. The van der Waals surface area contributed by atoms with Crippen LogP contribution >= 0.6 is 0 Å². The fourth-order valence-electron chi connectivity index (χ4n) is 2.66. The molecule has 1 saturated carbocycles. The number of carbonyl (C=O) groups excluding carboxylic acids is 1. The molecule has 2 rings (SSSR count). The minimum atomic E-state index is -0.118. The van der Waals surface area contributed by atoms with Crippen LogP contribution in [0.1, 0.15) is 50.5 Å². The maximum absolute atomic E-state index is 12.1. The summed E-state index contributed by atoms with van der Waals surface area (Å²) in [5.74, 6) is 2.00. The van der Waals surface area contributed by atoms with Crippen LogP contribution in [0, 0.1) is 11.8 Å². The largest absolute Gasteiger partial charge is 0.369 e. The normalized spacial score (nSPS) is 26.1. The highest BCUT2D eigenvalue weighted by atomic mass is 16.1. The molecule has 0 bridgehead atoms. The average molecular weight is 276 g/mol. The Morgan fingerprint density at radius 3 is 2.65 bits per heavy atom. The van der Waals surface area contributed by atoms with Gasteiger partial charge in [0.25, 0.3) is 5.91 Å². The van der Waals surface area contributed by atoms with Crippen LogP contribution < -0.4 is 10.6 Å². The molecule has 1 fully saturated rings. The van der Waals surface area contributed by atoms with Crippen LogP contribution in [-0.4, -0.2) is 28.5 Å². The third kappa shape index (κ3) is 3.68. The lowest BCUT2D eigenvalue weighted by Crippen LogP contribution is -2.40. The van der Waals surface area contributed by atoms with Crippen LogP contribution in [0.2, 0.25) is 0 Å². The Morgan fingerprint density at radius 2 is 2.05 bits per heavy atom.